The summed E-state index contributed by atoms with van der Waals surface area (Å²) in [6.45, 7) is 3.76. The van der Waals surface area contributed by atoms with E-state index in [-0.39, 0.29) is 5.43 Å². The third-order valence-corrected chi connectivity index (χ3v) is 3.56. The highest BCUT2D eigenvalue weighted by Gasteiger charge is 2.13. The zero-order chi connectivity index (χ0) is 14.8. The fourth-order valence-corrected chi connectivity index (χ4v) is 2.51. The van der Waals surface area contributed by atoms with Crippen LogP contribution in [0.15, 0.2) is 63.8 Å². The van der Waals surface area contributed by atoms with Crippen LogP contribution in [0.4, 0.5) is 0 Å². The van der Waals surface area contributed by atoms with Crippen LogP contribution >= 0.6 is 0 Å². The van der Waals surface area contributed by atoms with E-state index in [4.69, 9.17) is 4.42 Å². The number of benzene rings is 2. The predicted molar refractivity (Wildman–Crippen MR) is 87.4 cm³/mol. The molecule has 0 saturated heterocycles. The van der Waals surface area contributed by atoms with Gasteiger partial charge in [0.1, 0.15) is 11.3 Å². The van der Waals surface area contributed by atoms with E-state index in [9.17, 15) is 4.79 Å². The molecule has 2 aromatic carbocycles. The highest BCUT2D eigenvalue weighted by molar-refractivity contribution is 5.87. The van der Waals surface area contributed by atoms with E-state index >= 15 is 0 Å². The third kappa shape index (κ3) is 2.29. The average molecular weight is 276 g/mol. The Morgan fingerprint density at radius 2 is 1.76 bits per heavy atom. The molecule has 21 heavy (non-hydrogen) atoms. The summed E-state index contributed by atoms with van der Waals surface area (Å²) >= 11 is 0. The second kappa shape index (κ2) is 5.41. The van der Waals surface area contributed by atoms with Gasteiger partial charge in [-0.3, -0.25) is 4.79 Å². The smallest absolute Gasteiger partial charge is 0.196 e. The number of allylic oxidation sites excluding steroid dienone is 1. The van der Waals surface area contributed by atoms with Crippen molar-refractivity contribution in [2.24, 2.45) is 0 Å². The van der Waals surface area contributed by atoms with Crippen LogP contribution in [0.3, 0.4) is 0 Å². The van der Waals surface area contributed by atoms with E-state index in [2.05, 4.69) is 0 Å². The SMILES string of the molecule is C/C=C/c1cccc2c(=O)c(C)c(-c3ccccc3)oc12. The molecule has 1 aromatic heterocycles. The van der Waals surface area contributed by atoms with Gasteiger partial charge in [-0.25, -0.2) is 0 Å². The summed E-state index contributed by atoms with van der Waals surface area (Å²) in [6.07, 6.45) is 3.90. The molecule has 0 amide bonds. The van der Waals surface area contributed by atoms with Crippen LogP contribution < -0.4 is 5.43 Å². The zero-order valence-corrected chi connectivity index (χ0v) is 12.1. The van der Waals surface area contributed by atoms with Gasteiger partial charge in [0.15, 0.2) is 5.43 Å². The zero-order valence-electron chi connectivity index (χ0n) is 12.1. The van der Waals surface area contributed by atoms with E-state index in [0.717, 1.165) is 11.1 Å². The van der Waals surface area contributed by atoms with Crippen LogP contribution in [0.5, 0.6) is 0 Å². The normalized spacial score (nSPS) is 11.3. The molecule has 2 heteroatoms. The lowest BCUT2D eigenvalue weighted by Crippen LogP contribution is -2.07. The first-order valence-electron chi connectivity index (χ1n) is 6.97. The van der Waals surface area contributed by atoms with Crippen LogP contribution in [0, 0.1) is 6.92 Å². The molecule has 0 fully saturated rings. The van der Waals surface area contributed by atoms with Gasteiger partial charge in [0, 0.05) is 16.7 Å². The Morgan fingerprint density at radius 3 is 2.48 bits per heavy atom. The largest absolute Gasteiger partial charge is 0.455 e. The third-order valence-electron chi connectivity index (χ3n) is 3.56. The maximum atomic E-state index is 12.6. The predicted octanol–water partition coefficient (Wildman–Crippen LogP) is 4.80. The van der Waals surface area contributed by atoms with Crippen molar-refractivity contribution in [3.63, 3.8) is 0 Å². The Bertz CT molecular complexity index is 871. The number of hydrogen-bond acceptors (Lipinski definition) is 2. The second-order valence-electron chi connectivity index (χ2n) is 4.98. The van der Waals surface area contributed by atoms with Crippen LogP contribution in [0.25, 0.3) is 28.4 Å². The topological polar surface area (TPSA) is 30.2 Å². The van der Waals surface area contributed by atoms with Crippen LogP contribution in [0.1, 0.15) is 18.1 Å². The number of rotatable bonds is 2. The summed E-state index contributed by atoms with van der Waals surface area (Å²) in [6, 6.07) is 15.4. The molecule has 3 aromatic rings. The first-order chi connectivity index (χ1) is 10.2. The van der Waals surface area contributed by atoms with Crippen molar-refractivity contribution in [2.45, 2.75) is 13.8 Å². The van der Waals surface area contributed by atoms with Gasteiger partial charge >= 0.3 is 0 Å². The van der Waals surface area contributed by atoms with Crippen LogP contribution in [-0.4, -0.2) is 0 Å². The molecule has 0 unspecified atom stereocenters. The molecule has 2 nitrogen and oxygen atoms in total. The summed E-state index contributed by atoms with van der Waals surface area (Å²) in [5.74, 6) is 0.644. The van der Waals surface area contributed by atoms with Crippen molar-refractivity contribution < 1.29 is 4.42 Å². The molecule has 0 bridgehead atoms. The minimum Gasteiger partial charge on any atom is -0.455 e. The lowest BCUT2D eigenvalue weighted by atomic mass is 10.0. The summed E-state index contributed by atoms with van der Waals surface area (Å²) in [5.41, 5.74) is 3.16. The standard InChI is InChI=1S/C19H16O2/c1-3-8-14-11-7-12-16-17(20)13(2)18(21-19(14)16)15-9-5-4-6-10-15/h3-12H,1-2H3/b8-3+. The lowest BCUT2D eigenvalue weighted by Gasteiger charge is -2.08. The summed E-state index contributed by atoms with van der Waals surface area (Å²) < 4.78 is 6.09. The van der Waals surface area contributed by atoms with Crippen molar-refractivity contribution in [2.75, 3.05) is 0 Å². The number of para-hydroxylation sites is 1. The molecule has 0 saturated carbocycles. The van der Waals surface area contributed by atoms with E-state index in [1.165, 1.54) is 0 Å². The molecule has 0 radical (unpaired) electrons. The quantitative estimate of drug-likeness (QED) is 0.673. The minimum atomic E-state index is 0.0291. The maximum absolute atomic E-state index is 12.6. The lowest BCUT2D eigenvalue weighted by molar-refractivity contribution is 0.613. The summed E-state index contributed by atoms with van der Waals surface area (Å²) in [4.78, 5) is 12.6. The second-order valence-corrected chi connectivity index (χ2v) is 4.98. The minimum absolute atomic E-state index is 0.0291. The first kappa shape index (κ1) is 13.4. The van der Waals surface area contributed by atoms with Crippen LogP contribution in [0.2, 0.25) is 0 Å². The van der Waals surface area contributed by atoms with Crippen molar-refractivity contribution in [1.29, 1.82) is 0 Å². The Morgan fingerprint density at radius 1 is 1.00 bits per heavy atom. The molecule has 0 aliphatic carbocycles. The molecule has 104 valence electrons. The Kier molecular flexibility index (Phi) is 3.44. The molecular formula is C19H16O2. The monoisotopic (exact) mass is 276 g/mol. The van der Waals surface area contributed by atoms with E-state index in [1.54, 1.807) is 0 Å². The fraction of sp³-hybridized carbons (Fsp3) is 0.105. The molecule has 0 aliphatic rings. The van der Waals surface area contributed by atoms with Gasteiger partial charge in [-0.1, -0.05) is 54.6 Å². The van der Waals surface area contributed by atoms with Gasteiger partial charge in [-0.15, -0.1) is 0 Å². The van der Waals surface area contributed by atoms with Crippen LogP contribution in [-0.2, 0) is 0 Å². The van der Waals surface area contributed by atoms with Crippen molar-refractivity contribution in [1.82, 2.24) is 0 Å². The Hall–Kier alpha value is -2.61. The van der Waals surface area contributed by atoms with Gasteiger partial charge in [-0.2, -0.15) is 0 Å². The van der Waals surface area contributed by atoms with Gasteiger partial charge in [0.2, 0.25) is 0 Å². The van der Waals surface area contributed by atoms with Gasteiger partial charge in [0.05, 0.1) is 5.39 Å². The molecule has 1 heterocycles. The van der Waals surface area contributed by atoms with E-state index < -0.39 is 0 Å². The first-order valence-corrected chi connectivity index (χ1v) is 6.97. The molecule has 0 N–H and O–H groups in total. The van der Waals surface area contributed by atoms with Gasteiger partial charge < -0.3 is 4.42 Å². The number of fused-ring (bicyclic) bond motifs is 1. The maximum Gasteiger partial charge on any atom is 0.196 e. The van der Waals surface area contributed by atoms with Gasteiger partial charge in [0.25, 0.3) is 0 Å². The fourth-order valence-electron chi connectivity index (χ4n) is 2.51. The van der Waals surface area contributed by atoms with Gasteiger partial charge in [-0.05, 0) is 19.9 Å². The molecule has 0 atom stereocenters. The van der Waals surface area contributed by atoms with E-state index in [0.29, 0.717) is 22.3 Å². The van der Waals surface area contributed by atoms with Crippen molar-refractivity contribution >= 4 is 17.0 Å². The van der Waals surface area contributed by atoms with E-state index in [1.807, 2.05) is 74.5 Å². The van der Waals surface area contributed by atoms with Crippen molar-refractivity contribution in [3.05, 3.63) is 76.0 Å². The molecular weight excluding hydrogens is 260 g/mol. The highest BCUT2D eigenvalue weighted by atomic mass is 16.3. The molecule has 3 rings (SSSR count). The summed E-state index contributed by atoms with van der Waals surface area (Å²) in [7, 11) is 0. The Labute approximate surface area is 123 Å². The average Bonchev–Trinajstić information content (AvgIpc) is 2.52. The highest BCUT2D eigenvalue weighted by Crippen LogP contribution is 2.27. The molecule has 0 spiro atoms. The van der Waals surface area contributed by atoms with Crippen molar-refractivity contribution in [3.8, 4) is 11.3 Å². The summed E-state index contributed by atoms with van der Waals surface area (Å²) in [5, 5.41) is 0.628. The Balaban J connectivity index is 2.40. The number of hydrogen-bond donors (Lipinski definition) is 0. The molecule has 0 aliphatic heterocycles.